The van der Waals surface area contributed by atoms with Gasteiger partial charge in [0.2, 0.25) is 17.7 Å². The molecule has 0 aromatic heterocycles. The first-order valence-corrected chi connectivity index (χ1v) is 9.78. The van der Waals surface area contributed by atoms with Gasteiger partial charge >= 0.3 is 20.2 Å². The summed E-state index contributed by atoms with van der Waals surface area (Å²) in [6.45, 7) is 2.00. The number of rotatable bonds is 14. The summed E-state index contributed by atoms with van der Waals surface area (Å²) < 4.78 is 15.0. The minimum absolute atomic E-state index is 0.0482. The summed E-state index contributed by atoms with van der Waals surface area (Å²) in [6, 6.07) is -4.64. The van der Waals surface area contributed by atoms with Gasteiger partial charge in [0.15, 0.2) is 0 Å². The molecular weight excluding hydrogens is 427 g/mol. The molecular formula is C15H25N4O10P. The highest BCUT2D eigenvalue weighted by atomic mass is 31.1. The zero-order valence-electron chi connectivity index (χ0n) is 16.3. The van der Waals surface area contributed by atoms with Crippen LogP contribution in [0.5, 0.6) is 0 Å². The molecule has 0 radical (unpaired) electrons. The van der Waals surface area contributed by atoms with Gasteiger partial charge in [0.1, 0.15) is 24.7 Å². The lowest BCUT2D eigenvalue weighted by Gasteiger charge is -2.23. The van der Waals surface area contributed by atoms with Crippen LogP contribution in [-0.2, 0) is 33.1 Å². The maximum absolute atomic E-state index is 12.4. The number of aliphatic carboxylic acids is 2. The zero-order valence-corrected chi connectivity index (χ0v) is 17.2. The van der Waals surface area contributed by atoms with E-state index in [0.29, 0.717) is 0 Å². The average molecular weight is 452 g/mol. The molecule has 15 heteroatoms. The number of amides is 3. The number of hydrogen-bond acceptors (Lipinski definition) is 9. The molecule has 0 aromatic carbocycles. The molecule has 0 aliphatic rings. The summed E-state index contributed by atoms with van der Waals surface area (Å²) in [7, 11) is -3.40. The van der Waals surface area contributed by atoms with Crippen LogP contribution in [0.1, 0.15) is 26.7 Å². The molecule has 14 nitrogen and oxygen atoms in total. The van der Waals surface area contributed by atoms with Crippen LogP contribution < -0.4 is 26.6 Å². The van der Waals surface area contributed by atoms with Crippen LogP contribution in [0.25, 0.3) is 0 Å². The molecule has 30 heavy (non-hydrogen) atoms. The van der Waals surface area contributed by atoms with E-state index in [9.17, 15) is 38.5 Å². The predicted octanol–water partition coefficient (Wildman–Crippen LogP) is -2.96. The molecule has 0 saturated carbocycles. The number of carbonyl (C=O) groups is 5. The van der Waals surface area contributed by atoms with Crippen LogP contribution in [0.2, 0.25) is 0 Å². The van der Waals surface area contributed by atoms with Crippen molar-refractivity contribution in [1.82, 2.24) is 16.0 Å². The molecule has 0 rings (SSSR count). The Morgan fingerprint density at radius 2 is 1.53 bits per heavy atom. The number of carboxylic acids is 2. The minimum atomic E-state index is -3.40. The van der Waals surface area contributed by atoms with Gasteiger partial charge in [-0.05, 0) is 16.9 Å². The van der Waals surface area contributed by atoms with Gasteiger partial charge in [0.25, 0.3) is 0 Å². The summed E-state index contributed by atoms with van der Waals surface area (Å²) >= 11 is 0. The van der Waals surface area contributed by atoms with E-state index in [-0.39, 0.29) is 12.3 Å². The van der Waals surface area contributed by atoms with Crippen molar-refractivity contribution in [2.45, 2.75) is 44.8 Å². The molecule has 0 bridgehead atoms. The van der Waals surface area contributed by atoms with Crippen molar-refractivity contribution in [3.05, 3.63) is 0 Å². The Morgan fingerprint density at radius 3 is 1.97 bits per heavy atom. The summed E-state index contributed by atoms with van der Waals surface area (Å²) in [5.41, 5.74) is 5.11. The van der Waals surface area contributed by atoms with Crippen molar-refractivity contribution in [3.8, 4) is 0 Å². The third-order valence-corrected chi connectivity index (χ3v) is 3.88. The van der Waals surface area contributed by atoms with Gasteiger partial charge in [0, 0.05) is 0 Å². The SMILES string of the molecule is CC(C)C[C@H](NC(=O)[C@H](CO[P+](=O)[O-])NC(=O)[C@H](CC(=O)O)NC(=O)CN)C(=O)O. The Morgan fingerprint density at radius 1 is 1.00 bits per heavy atom. The molecule has 0 aliphatic carbocycles. The molecule has 7 N–H and O–H groups in total. The van der Waals surface area contributed by atoms with E-state index in [2.05, 4.69) is 9.84 Å². The second-order valence-electron chi connectivity index (χ2n) is 6.53. The number of hydrogen-bond donors (Lipinski definition) is 6. The lowest BCUT2D eigenvalue weighted by atomic mass is 10.0. The van der Waals surface area contributed by atoms with Crippen molar-refractivity contribution in [1.29, 1.82) is 0 Å². The molecule has 4 atom stereocenters. The van der Waals surface area contributed by atoms with Gasteiger partial charge < -0.3 is 36.8 Å². The Bertz CT molecular complexity index is 672. The van der Waals surface area contributed by atoms with Gasteiger partial charge in [-0.3, -0.25) is 19.2 Å². The van der Waals surface area contributed by atoms with Gasteiger partial charge in [-0.2, -0.15) is 0 Å². The predicted molar refractivity (Wildman–Crippen MR) is 97.7 cm³/mol. The van der Waals surface area contributed by atoms with Crippen molar-refractivity contribution < 1.29 is 48.2 Å². The van der Waals surface area contributed by atoms with Gasteiger partial charge in [0.05, 0.1) is 13.0 Å². The highest BCUT2D eigenvalue weighted by Gasteiger charge is 2.32. The number of nitrogens with one attached hydrogen (secondary N) is 3. The standard InChI is InChI=1S/C15H25N4O10P/c1-7(2)3-9(15(25)26)18-14(24)10(6-29-30(27)28)19-13(23)8(4-12(21)22)17-11(20)5-16/h7-10H,3-6,16H2,1-2H3,(H,17,20)(H,18,24)(H,19,23)(H,21,22)(H,25,26)/t8-,9-,10-/m0/s1. The monoisotopic (exact) mass is 452 g/mol. The highest BCUT2D eigenvalue weighted by Crippen LogP contribution is 2.10. The van der Waals surface area contributed by atoms with E-state index in [1.807, 2.05) is 10.6 Å². The van der Waals surface area contributed by atoms with E-state index in [0.717, 1.165) is 0 Å². The van der Waals surface area contributed by atoms with E-state index in [4.69, 9.17) is 10.8 Å². The second-order valence-corrected chi connectivity index (χ2v) is 7.24. The first-order valence-electron chi connectivity index (χ1n) is 8.69. The fraction of sp³-hybridized carbons (Fsp3) is 0.667. The minimum Gasteiger partial charge on any atom is -0.566 e. The van der Waals surface area contributed by atoms with E-state index in [1.54, 1.807) is 13.8 Å². The van der Waals surface area contributed by atoms with Gasteiger partial charge in [-0.15, -0.1) is 4.52 Å². The van der Waals surface area contributed by atoms with Crippen molar-refractivity contribution >= 4 is 37.9 Å². The number of carboxylic acid groups (broad SMARTS) is 2. The van der Waals surface area contributed by atoms with Crippen molar-refractivity contribution in [3.63, 3.8) is 0 Å². The molecule has 0 spiro atoms. The highest BCUT2D eigenvalue weighted by molar-refractivity contribution is 7.30. The van der Waals surface area contributed by atoms with Crippen molar-refractivity contribution in [2.75, 3.05) is 13.2 Å². The lowest BCUT2D eigenvalue weighted by Crippen LogP contribution is -2.57. The van der Waals surface area contributed by atoms with E-state index < -0.39 is 75.6 Å². The maximum Gasteiger partial charge on any atom is 0.488 e. The van der Waals surface area contributed by atoms with Crippen LogP contribution in [0, 0.1) is 5.92 Å². The molecule has 0 fully saturated rings. The van der Waals surface area contributed by atoms with E-state index in [1.165, 1.54) is 0 Å². The second kappa shape index (κ2) is 13.5. The van der Waals surface area contributed by atoms with Crippen LogP contribution in [0.3, 0.4) is 0 Å². The molecule has 0 aliphatic heterocycles. The van der Waals surface area contributed by atoms with Crippen LogP contribution in [0.4, 0.5) is 0 Å². The summed E-state index contributed by atoms with van der Waals surface area (Å²) in [6.07, 6.45) is -0.805. The fourth-order valence-electron chi connectivity index (χ4n) is 2.19. The molecule has 0 saturated heterocycles. The Kier molecular flexibility index (Phi) is 12.3. The molecule has 170 valence electrons. The van der Waals surface area contributed by atoms with Crippen molar-refractivity contribution in [2.24, 2.45) is 11.7 Å². The first kappa shape index (κ1) is 27.3. The number of nitrogens with two attached hydrogens (primary N) is 1. The third kappa shape index (κ3) is 11.4. The Labute approximate surface area is 172 Å². The zero-order chi connectivity index (χ0) is 23.4. The fourth-order valence-corrected chi connectivity index (χ4v) is 2.46. The van der Waals surface area contributed by atoms with Crippen LogP contribution >= 0.6 is 8.25 Å². The molecule has 0 aromatic rings. The quantitative estimate of drug-likeness (QED) is 0.146. The van der Waals surface area contributed by atoms with Crippen LogP contribution in [-0.4, -0.2) is 71.2 Å². The number of carbonyl (C=O) groups excluding carboxylic acids is 3. The van der Waals surface area contributed by atoms with Gasteiger partial charge in [-0.1, -0.05) is 13.8 Å². The summed E-state index contributed by atoms with van der Waals surface area (Å²) in [5.74, 6) is -5.98. The Balaban J connectivity index is 5.45. The van der Waals surface area contributed by atoms with Gasteiger partial charge in [-0.25, -0.2) is 4.79 Å². The topological polar surface area (TPSA) is 237 Å². The maximum atomic E-state index is 12.4. The third-order valence-electron chi connectivity index (χ3n) is 3.52. The largest absolute Gasteiger partial charge is 0.566 e. The average Bonchev–Trinajstić information content (AvgIpc) is 2.62. The lowest BCUT2D eigenvalue weighted by molar-refractivity contribution is -0.186. The normalized spacial score (nSPS) is 14.2. The van der Waals surface area contributed by atoms with Crippen LogP contribution in [0.15, 0.2) is 0 Å². The molecule has 1 unspecified atom stereocenters. The Hall–Kier alpha value is -2.67. The molecule has 3 amide bonds. The smallest absolute Gasteiger partial charge is 0.488 e. The summed E-state index contributed by atoms with van der Waals surface area (Å²) in [4.78, 5) is 69.1. The van der Waals surface area contributed by atoms with E-state index >= 15 is 0 Å². The molecule has 0 heterocycles. The summed E-state index contributed by atoms with van der Waals surface area (Å²) in [5, 5.41) is 24.4. The first-order chi connectivity index (χ1) is 13.9.